The van der Waals surface area contributed by atoms with E-state index >= 15 is 0 Å². The standard InChI is InChI=1S/C21H24N6O3S/c1-2-12-26-18(15-6-10-22-11-7-15)24-25-20(26)31-14-17(29)27-13-16(28)23-19(30)21(27)8-4-3-5-9-21/h2,6-7,10-11H,1,3-5,8-9,12-14H2,(H,23,28,30). The first-order valence-electron chi connectivity index (χ1n) is 10.3. The third kappa shape index (κ3) is 4.12. The summed E-state index contributed by atoms with van der Waals surface area (Å²) in [5.74, 6) is -0.304. The van der Waals surface area contributed by atoms with Crippen LogP contribution in [0.25, 0.3) is 11.4 Å². The van der Waals surface area contributed by atoms with Crippen LogP contribution in [0.2, 0.25) is 0 Å². The first-order chi connectivity index (χ1) is 15.0. The Morgan fingerprint density at radius 1 is 1.19 bits per heavy atom. The Balaban J connectivity index is 1.54. The monoisotopic (exact) mass is 440 g/mol. The minimum absolute atomic E-state index is 0.0634. The van der Waals surface area contributed by atoms with E-state index in [1.54, 1.807) is 18.5 Å². The molecule has 2 aromatic rings. The zero-order valence-electron chi connectivity index (χ0n) is 17.1. The predicted octanol–water partition coefficient (Wildman–Crippen LogP) is 1.81. The maximum Gasteiger partial charge on any atom is 0.252 e. The van der Waals surface area contributed by atoms with E-state index < -0.39 is 11.4 Å². The van der Waals surface area contributed by atoms with Gasteiger partial charge < -0.3 is 4.90 Å². The lowest BCUT2D eigenvalue weighted by Crippen LogP contribution is -2.69. The van der Waals surface area contributed by atoms with Gasteiger partial charge in [0.15, 0.2) is 11.0 Å². The molecule has 0 unspecified atom stereocenters. The van der Waals surface area contributed by atoms with Crippen LogP contribution in [-0.2, 0) is 20.9 Å². The van der Waals surface area contributed by atoms with Crippen molar-refractivity contribution < 1.29 is 14.4 Å². The number of thioether (sulfide) groups is 1. The summed E-state index contributed by atoms with van der Waals surface area (Å²) in [5.41, 5.74) is -0.0529. The van der Waals surface area contributed by atoms with Crippen LogP contribution in [0.5, 0.6) is 0 Å². The van der Waals surface area contributed by atoms with E-state index in [2.05, 4.69) is 27.1 Å². The van der Waals surface area contributed by atoms with E-state index in [0.29, 0.717) is 30.4 Å². The first kappa shape index (κ1) is 21.2. The minimum Gasteiger partial charge on any atom is -0.318 e. The number of nitrogens with zero attached hydrogens (tertiary/aromatic N) is 5. The summed E-state index contributed by atoms with van der Waals surface area (Å²) in [6, 6.07) is 3.68. The number of nitrogens with one attached hydrogen (secondary N) is 1. The summed E-state index contributed by atoms with van der Waals surface area (Å²) in [5, 5.41) is 11.5. The molecule has 2 aliphatic rings. The SMILES string of the molecule is C=CCn1c(SCC(=O)N2CC(=O)NC(=O)C23CCCCC3)nnc1-c1ccncc1. The van der Waals surface area contributed by atoms with Gasteiger partial charge in [-0.1, -0.05) is 37.1 Å². The average molecular weight is 441 g/mol. The lowest BCUT2D eigenvalue weighted by molar-refractivity contribution is -0.158. The largest absolute Gasteiger partial charge is 0.318 e. The number of carbonyl (C=O) groups is 3. The van der Waals surface area contributed by atoms with E-state index in [0.717, 1.165) is 24.8 Å². The molecule has 1 N–H and O–H groups in total. The Morgan fingerprint density at radius 2 is 1.94 bits per heavy atom. The molecule has 1 saturated carbocycles. The van der Waals surface area contributed by atoms with Gasteiger partial charge in [-0.25, -0.2) is 0 Å². The molecule has 2 aromatic heterocycles. The molecule has 162 valence electrons. The van der Waals surface area contributed by atoms with Crippen molar-refractivity contribution in [3.63, 3.8) is 0 Å². The van der Waals surface area contributed by atoms with E-state index in [-0.39, 0.29) is 24.1 Å². The Hall–Kier alpha value is -3.01. The zero-order chi connectivity index (χ0) is 21.8. The number of amides is 3. The molecule has 31 heavy (non-hydrogen) atoms. The van der Waals surface area contributed by atoms with Crippen LogP contribution in [-0.4, -0.2) is 60.2 Å². The van der Waals surface area contributed by atoms with Crippen LogP contribution >= 0.6 is 11.8 Å². The van der Waals surface area contributed by atoms with Crippen molar-refractivity contribution in [3.8, 4) is 11.4 Å². The number of piperazine rings is 1. The van der Waals surface area contributed by atoms with Crippen molar-refractivity contribution in [2.24, 2.45) is 0 Å². The Labute approximate surface area is 184 Å². The van der Waals surface area contributed by atoms with Crippen LogP contribution in [0.1, 0.15) is 32.1 Å². The maximum absolute atomic E-state index is 13.2. The second-order valence-corrected chi connectivity index (χ2v) is 8.62. The molecule has 1 saturated heterocycles. The van der Waals surface area contributed by atoms with Crippen molar-refractivity contribution in [3.05, 3.63) is 37.2 Å². The zero-order valence-corrected chi connectivity index (χ0v) is 17.9. The molecule has 1 aliphatic carbocycles. The summed E-state index contributed by atoms with van der Waals surface area (Å²) in [6.07, 6.45) is 9.03. The van der Waals surface area contributed by atoms with E-state index in [1.165, 1.54) is 16.7 Å². The number of imide groups is 1. The Kier molecular flexibility index (Phi) is 6.17. The highest BCUT2D eigenvalue weighted by Gasteiger charge is 2.50. The number of allylic oxidation sites excluding steroid dienone is 1. The molecule has 9 nitrogen and oxygen atoms in total. The van der Waals surface area contributed by atoms with Crippen LogP contribution in [0.15, 0.2) is 42.3 Å². The van der Waals surface area contributed by atoms with Crippen LogP contribution < -0.4 is 5.32 Å². The highest BCUT2D eigenvalue weighted by Crippen LogP contribution is 2.36. The summed E-state index contributed by atoms with van der Waals surface area (Å²) in [4.78, 5) is 43.4. The molecule has 0 radical (unpaired) electrons. The highest BCUT2D eigenvalue weighted by atomic mass is 32.2. The van der Waals surface area contributed by atoms with Gasteiger partial charge in [0, 0.05) is 24.5 Å². The number of hydrogen-bond acceptors (Lipinski definition) is 7. The predicted molar refractivity (Wildman–Crippen MR) is 115 cm³/mol. The fourth-order valence-corrected chi connectivity index (χ4v) is 5.09. The summed E-state index contributed by atoms with van der Waals surface area (Å²) >= 11 is 1.25. The normalized spacial score (nSPS) is 18.1. The number of hydrogen-bond donors (Lipinski definition) is 1. The molecule has 2 fully saturated rings. The van der Waals surface area contributed by atoms with Crippen molar-refractivity contribution in [2.75, 3.05) is 12.3 Å². The average Bonchev–Trinajstić information content (AvgIpc) is 3.19. The molecule has 1 spiro atoms. The first-order valence-corrected chi connectivity index (χ1v) is 11.3. The molecule has 4 rings (SSSR count). The van der Waals surface area contributed by atoms with E-state index in [1.807, 2.05) is 16.7 Å². The van der Waals surface area contributed by atoms with Crippen molar-refractivity contribution in [2.45, 2.75) is 49.3 Å². The van der Waals surface area contributed by atoms with Crippen molar-refractivity contribution in [1.82, 2.24) is 30.0 Å². The number of rotatable bonds is 6. The fraction of sp³-hybridized carbons (Fsp3) is 0.429. The lowest BCUT2D eigenvalue weighted by Gasteiger charge is -2.47. The van der Waals surface area contributed by atoms with Crippen LogP contribution in [0, 0.1) is 0 Å². The molecule has 1 aliphatic heterocycles. The lowest BCUT2D eigenvalue weighted by atomic mass is 9.78. The topological polar surface area (TPSA) is 110 Å². The minimum atomic E-state index is -0.916. The van der Waals surface area contributed by atoms with Gasteiger partial charge in [0.1, 0.15) is 12.1 Å². The molecule has 3 amide bonds. The Bertz CT molecular complexity index is 1000. The van der Waals surface area contributed by atoms with Gasteiger partial charge in [0.05, 0.1) is 5.75 Å². The second kappa shape index (κ2) is 9.01. The van der Waals surface area contributed by atoms with E-state index in [9.17, 15) is 14.4 Å². The summed E-state index contributed by atoms with van der Waals surface area (Å²) in [6.45, 7) is 4.19. The fourth-order valence-electron chi connectivity index (χ4n) is 4.27. The summed E-state index contributed by atoms with van der Waals surface area (Å²) < 4.78 is 1.88. The smallest absolute Gasteiger partial charge is 0.252 e. The van der Waals surface area contributed by atoms with Crippen LogP contribution in [0.3, 0.4) is 0 Å². The van der Waals surface area contributed by atoms with Gasteiger partial charge in [0.2, 0.25) is 11.8 Å². The number of aromatic nitrogens is 4. The molecule has 0 bridgehead atoms. The number of carbonyl (C=O) groups excluding carboxylic acids is 3. The molecular formula is C21H24N6O3S. The molecular weight excluding hydrogens is 416 g/mol. The second-order valence-electron chi connectivity index (χ2n) is 7.68. The number of pyridine rings is 1. The van der Waals surface area contributed by atoms with Crippen molar-refractivity contribution >= 4 is 29.5 Å². The molecule has 3 heterocycles. The molecule has 0 aromatic carbocycles. The molecule has 10 heteroatoms. The van der Waals surface area contributed by atoms with Gasteiger partial charge in [-0.15, -0.1) is 16.8 Å². The third-order valence-electron chi connectivity index (χ3n) is 5.77. The van der Waals surface area contributed by atoms with Gasteiger partial charge in [-0.05, 0) is 25.0 Å². The molecule has 0 atom stereocenters. The summed E-state index contributed by atoms with van der Waals surface area (Å²) in [7, 11) is 0. The van der Waals surface area contributed by atoms with Gasteiger partial charge in [-0.3, -0.25) is 29.3 Å². The van der Waals surface area contributed by atoms with Crippen molar-refractivity contribution in [1.29, 1.82) is 0 Å². The van der Waals surface area contributed by atoms with Gasteiger partial charge >= 0.3 is 0 Å². The Morgan fingerprint density at radius 3 is 2.65 bits per heavy atom. The van der Waals surface area contributed by atoms with Crippen LogP contribution in [0.4, 0.5) is 0 Å². The van der Waals surface area contributed by atoms with Gasteiger partial charge in [0.25, 0.3) is 5.91 Å². The van der Waals surface area contributed by atoms with Gasteiger partial charge in [-0.2, -0.15) is 0 Å². The highest BCUT2D eigenvalue weighted by molar-refractivity contribution is 7.99. The quantitative estimate of drug-likeness (QED) is 0.414. The van der Waals surface area contributed by atoms with E-state index in [4.69, 9.17) is 0 Å². The third-order valence-corrected chi connectivity index (χ3v) is 6.72. The maximum atomic E-state index is 13.2.